The molecule has 0 aliphatic rings. The molecule has 0 bridgehead atoms. The van der Waals surface area contributed by atoms with Gasteiger partial charge in [-0.05, 0) is 25.5 Å². The topological polar surface area (TPSA) is 61.5 Å². The second-order valence-electron chi connectivity index (χ2n) is 3.11. The van der Waals surface area contributed by atoms with E-state index in [0.29, 0.717) is 29.2 Å². The molecule has 0 aliphatic carbocycles. The van der Waals surface area contributed by atoms with Crippen LogP contribution in [0.5, 0.6) is 5.75 Å². The van der Waals surface area contributed by atoms with Gasteiger partial charge in [-0.15, -0.1) is 0 Å². The molecule has 1 aromatic rings. The molecule has 0 atom stereocenters. The molecule has 4 heteroatoms. The van der Waals surface area contributed by atoms with Crippen LogP contribution in [0.4, 0.5) is 5.69 Å². The minimum Gasteiger partial charge on any atom is -0.497 e. The summed E-state index contributed by atoms with van der Waals surface area (Å²) < 4.78 is 9.94. The molecule has 15 heavy (non-hydrogen) atoms. The third kappa shape index (κ3) is 2.40. The molecule has 0 heterocycles. The van der Waals surface area contributed by atoms with Crippen molar-refractivity contribution in [2.45, 2.75) is 13.8 Å². The van der Waals surface area contributed by atoms with E-state index in [0.717, 1.165) is 0 Å². The second kappa shape index (κ2) is 4.68. The number of rotatable bonds is 3. The predicted octanol–water partition coefficient (Wildman–Crippen LogP) is 1.76. The standard InChI is InChI=1S/C11H15NO3/c1-4-15-11(13)9-5-8(14-3)6-10(12)7(9)2/h5-6H,4,12H2,1-3H3. The SMILES string of the molecule is CCOC(=O)c1cc(OC)cc(N)c1C. The van der Waals surface area contributed by atoms with Crippen LogP contribution < -0.4 is 10.5 Å². The Morgan fingerprint density at radius 3 is 2.67 bits per heavy atom. The van der Waals surface area contributed by atoms with E-state index in [1.165, 1.54) is 7.11 Å². The van der Waals surface area contributed by atoms with Crippen molar-refractivity contribution in [3.63, 3.8) is 0 Å². The molecule has 4 nitrogen and oxygen atoms in total. The van der Waals surface area contributed by atoms with E-state index in [2.05, 4.69) is 0 Å². The van der Waals surface area contributed by atoms with Crippen molar-refractivity contribution in [3.8, 4) is 5.75 Å². The summed E-state index contributed by atoms with van der Waals surface area (Å²) in [7, 11) is 1.53. The Kier molecular flexibility index (Phi) is 3.55. The summed E-state index contributed by atoms with van der Waals surface area (Å²) in [5, 5.41) is 0. The highest BCUT2D eigenvalue weighted by atomic mass is 16.5. The monoisotopic (exact) mass is 209 g/mol. The number of carbonyl (C=O) groups is 1. The summed E-state index contributed by atoms with van der Waals surface area (Å²) in [6, 6.07) is 3.31. The number of nitrogens with two attached hydrogens (primary N) is 1. The Balaban J connectivity index is 3.15. The number of carbonyl (C=O) groups excluding carboxylic acids is 1. The average Bonchev–Trinajstić information content (AvgIpc) is 2.22. The van der Waals surface area contributed by atoms with Crippen molar-refractivity contribution in [2.24, 2.45) is 0 Å². The van der Waals surface area contributed by atoms with Gasteiger partial charge in [-0.2, -0.15) is 0 Å². The van der Waals surface area contributed by atoms with Crippen LogP contribution in [-0.2, 0) is 4.74 Å². The van der Waals surface area contributed by atoms with Crippen molar-refractivity contribution < 1.29 is 14.3 Å². The van der Waals surface area contributed by atoms with Crippen LogP contribution in [0.3, 0.4) is 0 Å². The highest BCUT2D eigenvalue weighted by Crippen LogP contribution is 2.24. The first-order chi connectivity index (χ1) is 7.10. The summed E-state index contributed by atoms with van der Waals surface area (Å²) in [6.45, 7) is 3.88. The van der Waals surface area contributed by atoms with Gasteiger partial charge in [-0.25, -0.2) is 4.79 Å². The number of nitrogen functional groups attached to an aromatic ring is 1. The fourth-order valence-electron chi connectivity index (χ4n) is 1.25. The molecule has 1 rings (SSSR count). The van der Waals surface area contributed by atoms with Gasteiger partial charge < -0.3 is 15.2 Å². The number of benzene rings is 1. The van der Waals surface area contributed by atoms with Gasteiger partial charge in [-0.1, -0.05) is 0 Å². The Labute approximate surface area is 89.0 Å². The van der Waals surface area contributed by atoms with E-state index in [9.17, 15) is 4.79 Å². The van der Waals surface area contributed by atoms with Crippen LogP contribution in [-0.4, -0.2) is 19.7 Å². The molecule has 0 saturated carbocycles. The average molecular weight is 209 g/mol. The molecule has 2 N–H and O–H groups in total. The number of methoxy groups -OCH3 is 1. The van der Waals surface area contributed by atoms with Gasteiger partial charge in [-0.3, -0.25) is 0 Å². The normalized spacial score (nSPS) is 9.80. The number of hydrogen-bond acceptors (Lipinski definition) is 4. The van der Waals surface area contributed by atoms with Crippen LogP contribution >= 0.6 is 0 Å². The van der Waals surface area contributed by atoms with Gasteiger partial charge in [0.1, 0.15) is 5.75 Å². The van der Waals surface area contributed by atoms with Crippen molar-refractivity contribution in [1.29, 1.82) is 0 Å². The van der Waals surface area contributed by atoms with E-state index in [1.807, 2.05) is 0 Å². The molecule has 0 amide bonds. The molecule has 0 fully saturated rings. The maximum Gasteiger partial charge on any atom is 0.338 e. The first-order valence-corrected chi connectivity index (χ1v) is 4.71. The smallest absolute Gasteiger partial charge is 0.338 e. The van der Waals surface area contributed by atoms with Gasteiger partial charge >= 0.3 is 5.97 Å². The van der Waals surface area contributed by atoms with Gasteiger partial charge in [0.05, 0.1) is 19.3 Å². The molecule has 0 aromatic heterocycles. The largest absolute Gasteiger partial charge is 0.497 e. The first kappa shape index (κ1) is 11.4. The maximum absolute atomic E-state index is 11.6. The van der Waals surface area contributed by atoms with Gasteiger partial charge in [0.2, 0.25) is 0 Å². The molecule has 0 saturated heterocycles. The van der Waals surface area contributed by atoms with Crippen LogP contribution in [0.1, 0.15) is 22.8 Å². The lowest BCUT2D eigenvalue weighted by Gasteiger charge is -2.10. The van der Waals surface area contributed by atoms with Crippen LogP contribution in [0.2, 0.25) is 0 Å². The summed E-state index contributed by atoms with van der Waals surface area (Å²) in [6.07, 6.45) is 0. The van der Waals surface area contributed by atoms with E-state index in [4.69, 9.17) is 15.2 Å². The number of ether oxygens (including phenoxy) is 2. The Morgan fingerprint density at radius 2 is 2.13 bits per heavy atom. The minimum atomic E-state index is -0.374. The minimum absolute atomic E-state index is 0.343. The van der Waals surface area contributed by atoms with E-state index >= 15 is 0 Å². The van der Waals surface area contributed by atoms with Crippen molar-refractivity contribution in [2.75, 3.05) is 19.5 Å². The van der Waals surface area contributed by atoms with Crippen LogP contribution in [0.25, 0.3) is 0 Å². The maximum atomic E-state index is 11.6. The van der Waals surface area contributed by atoms with Crippen LogP contribution in [0, 0.1) is 6.92 Å². The fraction of sp³-hybridized carbons (Fsp3) is 0.364. The van der Waals surface area contributed by atoms with Crippen molar-refractivity contribution in [3.05, 3.63) is 23.3 Å². The molecule has 82 valence electrons. The molecular weight excluding hydrogens is 194 g/mol. The van der Waals surface area contributed by atoms with Gasteiger partial charge in [0, 0.05) is 11.8 Å². The molecule has 0 unspecified atom stereocenters. The second-order valence-corrected chi connectivity index (χ2v) is 3.11. The summed E-state index contributed by atoms with van der Waals surface area (Å²) in [5.41, 5.74) is 7.44. The van der Waals surface area contributed by atoms with Crippen molar-refractivity contribution >= 4 is 11.7 Å². The zero-order chi connectivity index (χ0) is 11.4. The van der Waals surface area contributed by atoms with Gasteiger partial charge in [0.15, 0.2) is 0 Å². The number of esters is 1. The third-order valence-electron chi connectivity index (χ3n) is 2.15. The lowest BCUT2D eigenvalue weighted by atomic mass is 10.1. The van der Waals surface area contributed by atoms with E-state index < -0.39 is 0 Å². The quantitative estimate of drug-likeness (QED) is 0.608. The molecule has 0 radical (unpaired) electrons. The fourth-order valence-corrected chi connectivity index (χ4v) is 1.25. The van der Waals surface area contributed by atoms with Gasteiger partial charge in [0.25, 0.3) is 0 Å². The highest BCUT2D eigenvalue weighted by Gasteiger charge is 2.13. The Morgan fingerprint density at radius 1 is 1.47 bits per heavy atom. The molecule has 0 aliphatic heterocycles. The molecular formula is C11H15NO3. The van der Waals surface area contributed by atoms with Crippen molar-refractivity contribution in [1.82, 2.24) is 0 Å². The number of anilines is 1. The molecule has 0 spiro atoms. The highest BCUT2D eigenvalue weighted by molar-refractivity contribution is 5.93. The summed E-state index contributed by atoms with van der Waals surface area (Å²) in [5.74, 6) is 0.182. The summed E-state index contributed by atoms with van der Waals surface area (Å²) >= 11 is 0. The van der Waals surface area contributed by atoms with E-state index in [-0.39, 0.29) is 5.97 Å². The summed E-state index contributed by atoms with van der Waals surface area (Å²) in [4.78, 5) is 11.6. The number of hydrogen-bond donors (Lipinski definition) is 1. The van der Waals surface area contributed by atoms with E-state index in [1.54, 1.807) is 26.0 Å². The lowest BCUT2D eigenvalue weighted by molar-refractivity contribution is 0.0525. The Hall–Kier alpha value is -1.71. The third-order valence-corrected chi connectivity index (χ3v) is 2.15. The zero-order valence-electron chi connectivity index (χ0n) is 9.16. The molecule has 1 aromatic carbocycles. The predicted molar refractivity (Wildman–Crippen MR) is 58.1 cm³/mol. The zero-order valence-corrected chi connectivity index (χ0v) is 9.16. The lowest BCUT2D eigenvalue weighted by Crippen LogP contribution is -2.08. The Bertz CT molecular complexity index is 374. The first-order valence-electron chi connectivity index (χ1n) is 4.71. The van der Waals surface area contributed by atoms with Crippen LogP contribution in [0.15, 0.2) is 12.1 Å².